The van der Waals surface area contributed by atoms with Crippen LogP contribution in [0.1, 0.15) is 18.1 Å². The number of hydrazone groups is 1. The monoisotopic (exact) mass is 282 g/mol. The molecule has 2 rings (SSSR count). The fourth-order valence-electron chi connectivity index (χ4n) is 1.96. The van der Waals surface area contributed by atoms with E-state index in [9.17, 15) is 9.90 Å². The largest absolute Gasteiger partial charge is 0.480 e. The number of carboxylic acids is 1. The molecule has 0 fully saturated rings. The highest BCUT2D eigenvalue weighted by Crippen LogP contribution is 2.05. The number of rotatable bonds is 6. The van der Waals surface area contributed by atoms with E-state index in [0.717, 1.165) is 16.8 Å². The molecule has 0 amide bonds. The van der Waals surface area contributed by atoms with Gasteiger partial charge in [-0.05, 0) is 18.1 Å². The van der Waals surface area contributed by atoms with Crippen LogP contribution in [-0.4, -0.2) is 22.8 Å². The third kappa shape index (κ3) is 4.45. The highest BCUT2D eigenvalue weighted by molar-refractivity contribution is 5.98. The Labute approximate surface area is 124 Å². The second-order valence-corrected chi connectivity index (χ2v) is 4.77. The van der Waals surface area contributed by atoms with Gasteiger partial charge in [-0.25, -0.2) is 4.79 Å². The summed E-state index contributed by atoms with van der Waals surface area (Å²) >= 11 is 0. The van der Waals surface area contributed by atoms with Crippen molar-refractivity contribution in [2.45, 2.75) is 19.4 Å². The Balaban J connectivity index is 2.05. The highest BCUT2D eigenvalue weighted by atomic mass is 16.4. The molecule has 0 aliphatic rings. The zero-order valence-electron chi connectivity index (χ0n) is 11.9. The Bertz CT molecular complexity index is 609. The molecule has 108 valence electrons. The number of carboxylic acid groups (broad SMARTS) is 1. The summed E-state index contributed by atoms with van der Waals surface area (Å²) in [7, 11) is 0. The molecule has 2 aromatic rings. The van der Waals surface area contributed by atoms with Gasteiger partial charge in [0.05, 0.1) is 5.71 Å². The molecular weight excluding hydrogens is 264 g/mol. The summed E-state index contributed by atoms with van der Waals surface area (Å²) < 4.78 is 0. The van der Waals surface area contributed by atoms with Crippen molar-refractivity contribution in [2.24, 2.45) is 5.10 Å². The third-order valence-corrected chi connectivity index (χ3v) is 3.16. The van der Waals surface area contributed by atoms with Crippen LogP contribution in [-0.2, 0) is 11.2 Å². The first kappa shape index (κ1) is 14.8. The lowest BCUT2D eigenvalue weighted by molar-refractivity contribution is -0.139. The molecule has 2 N–H and O–H groups in total. The summed E-state index contributed by atoms with van der Waals surface area (Å²) in [4.78, 5) is 11.3. The molecule has 0 radical (unpaired) electrons. The van der Waals surface area contributed by atoms with Gasteiger partial charge in [0.1, 0.15) is 6.04 Å². The minimum absolute atomic E-state index is 0.391. The smallest absolute Gasteiger partial charge is 0.328 e. The molecule has 21 heavy (non-hydrogen) atoms. The number of nitrogens with zero attached hydrogens (tertiary/aromatic N) is 1. The molecule has 4 heteroatoms. The molecule has 2 aromatic carbocycles. The SMILES string of the molecule is CC(=NN[C@@H](Cc1ccccc1)C(=O)O)c1ccccc1. The van der Waals surface area contributed by atoms with Gasteiger partial charge in [-0.2, -0.15) is 5.10 Å². The topological polar surface area (TPSA) is 61.7 Å². The van der Waals surface area contributed by atoms with E-state index in [1.807, 2.05) is 67.6 Å². The standard InChI is InChI=1S/C17H18N2O2/c1-13(15-10-6-3-7-11-15)18-19-16(17(20)21)12-14-8-4-2-5-9-14/h2-11,16,19H,12H2,1H3,(H,20,21)/t16-/m0/s1. The molecule has 0 aliphatic carbocycles. The normalized spacial score (nSPS) is 12.7. The Kier molecular flexibility index (Phi) is 5.10. The van der Waals surface area contributed by atoms with Gasteiger partial charge in [0.25, 0.3) is 0 Å². The molecule has 4 nitrogen and oxygen atoms in total. The lowest BCUT2D eigenvalue weighted by Crippen LogP contribution is -2.35. The quantitative estimate of drug-likeness (QED) is 0.632. The molecule has 0 aliphatic heterocycles. The van der Waals surface area contributed by atoms with Gasteiger partial charge in [0.15, 0.2) is 0 Å². The van der Waals surface area contributed by atoms with Crippen LogP contribution in [0.3, 0.4) is 0 Å². The van der Waals surface area contributed by atoms with E-state index in [4.69, 9.17) is 0 Å². The first-order valence-electron chi connectivity index (χ1n) is 6.79. The van der Waals surface area contributed by atoms with Crippen molar-refractivity contribution in [2.75, 3.05) is 0 Å². The van der Waals surface area contributed by atoms with Gasteiger partial charge < -0.3 is 5.11 Å². The van der Waals surface area contributed by atoms with Crippen LogP contribution >= 0.6 is 0 Å². The van der Waals surface area contributed by atoms with Crippen LogP contribution in [0.2, 0.25) is 0 Å². The van der Waals surface area contributed by atoms with Gasteiger partial charge >= 0.3 is 5.97 Å². The van der Waals surface area contributed by atoms with Crippen LogP contribution in [0.15, 0.2) is 65.8 Å². The van der Waals surface area contributed by atoms with Gasteiger partial charge in [-0.3, -0.25) is 5.43 Å². The first-order valence-corrected chi connectivity index (χ1v) is 6.79. The summed E-state index contributed by atoms with van der Waals surface area (Å²) in [5.74, 6) is -0.913. The molecule has 0 heterocycles. The summed E-state index contributed by atoms with van der Waals surface area (Å²) in [5.41, 5.74) is 5.44. The van der Waals surface area contributed by atoms with E-state index in [0.29, 0.717) is 6.42 Å². The molecule has 0 saturated carbocycles. The minimum Gasteiger partial charge on any atom is -0.480 e. The Hall–Kier alpha value is -2.62. The van der Waals surface area contributed by atoms with Crippen molar-refractivity contribution < 1.29 is 9.90 Å². The molecule has 0 spiro atoms. The van der Waals surface area contributed by atoms with E-state index in [1.165, 1.54) is 0 Å². The molecule has 0 saturated heterocycles. The second kappa shape index (κ2) is 7.24. The maximum atomic E-state index is 11.3. The highest BCUT2D eigenvalue weighted by Gasteiger charge is 2.17. The molecule has 0 unspecified atom stereocenters. The lowest BCUT2D eigenvalue weighted by Gasteiger charge is -2.13. The van der Waals surface area contributed by atoms with Gasteiger partial charge in [-0.1, -0.05) is 60.7 Å². The lowest BCUT2D eigenvalue weighted by atomic mass is 10.1. The van der Waals surface area contributed by atoms with Crippen LogP contribution in [0.4, 0.5) is 0 Å². The van der Waals surface area contributed by atoms with Gasteiger partial charge in [0, 0.05) is 6.42 Å². The fraction of sp³-hybridized carbons (Fsp3) is 0.176. The summed E-state index contributed by atoms with van der Waals surface area (Å²) in [6, 6.07) is 18.4. The second-order valence-electron chi connectivity index (χ2n) is 4.77. The van der Waals surface area contributed by atoms with Gasteiger partial charge in [-0.15, -0.1) is 0 Å². The average molecular weight is 282 g/mol. The Morgan fingerprint density at radius 1 is 1.10 bits per heavy atom. The maximum absolute atomic E-state index is 11.3. The first-order chi connectivity index (χ1) is 10.2. The zero-order chi connectivity index (χ0) is 15.1. The third-order valence-electron chi connectivity index (χ3n) is 3.16. The van der Waals surface area contributed by atoms with E-state index < -0.39 is 12.0 Å². The van der Waals surface area contributed by atoms with Crippen molar-refractivity contribution in [3.8, 4) is 0 Å². The number of aliphatic carboxylic acids is 1. The Morgan fingerprint density at radius 2 is 1.67 bits per heavy atom. The summed E-state index contributed by atoms with van der Waals surface area (Å²) in [6.07, 6.45) is 0.391. The van der Waals surface area contributed by atoms with Crippen LogP contribution < -0.4 is 5.43 Å². The predicted octanol–water partition coefficient (Wildman–Crippen LogP) is 2.70. The number of hydrogen-bond acceptors (Lipinski definition) is 3. The van der Waals surface area contributed by atoms with Crippen molar-refractivity contribution in [1.82, 2.24) is 5.43 Å². The van der Waals surface area contributed by atoms with E-state index in [2.05, 4.69) is 10.5 Å². The van der Waals surface area contributed by atoms with Crippen LogP contribution in [0.25, 0.3) is 0 Å². The minimum atomic E-state index is -0.913. The Morgan fingerprint density at radius 3 is 2.24 bits per heavy atom. The van der Waals surface area contributed by atoms with Crippen molar-refractivity contribution in [1.29, 1.82) is 0 Å². The number of benzene rings is 2. The van der Waals surface area contributed by atoms with Crippen molar-refractivity contribution in [3.05, 3.63) is 71.8 Å². The van der Waals surface area contributed by atoms with Crippen LogP contribution in [0, 0.1) is 0 Å². The number of carbonyl (C=O) groups is 1. The van der Waals surface area contributed by atoms with E-state index in [1.54, 1.807) is 0 Å². The average Bonchev–Trinajstić information content (AvgIpc) is 2.52. The van der Waals surface area contributed by atoms with E-state index in [-0.39, 0.29) is 0 Å². The van der Waals surface area contributed by atoms with Crippen molar-refractivity contribution >= 4 is 11.7 Å². The molecular formula is C17H18N2O2. The zero-order valence-corrected chi connectivity index (χ0v) is 11.9. The number of hydrogen-bond donors (Lipinski definition) is 2. The summed E-state index contributed by atoms with van der Waals surface area (Å²) in [6.45, 7) is 1.85. The molecule has 0 aromatic heterocycles. The summed E-state index contributed by atoms with van der Waals surface area (Å²) in [5, 5.41) is 13.5. The fourth-order valence-corrected chi connectivity index (χ4v) is 1.96. The molecule has 1 atom stereocenters. The predicted molar refractivity (Wildman–Crippen MR) is 83.4 cm³/mol. The van der Waals surface area contributed by atoms with Crippen LogP contribution in [0.5, 0.6) is 0 Å². The molecule has 0 bridgehead atoms. The van der Waals surface area contributed by atoms with E-state index >= 15 is 0 Å². The van der Waals surface area contributed by atoms with Gasteiger partial charge in [0.2, 0.25) is 0 Å². The number of nitrogens with one attached hydrogen (secondary N) is 1. The maximum Gasteiger partial charge on any atom is 0.328 e. The van der Waals surface area contributed by atoms with Crippen molar-refractivity contribution in [3.63, 3.8) is 0 Å².